The number of benzene rings is 1. The van der Waals surface area contributed by atoms with Crippen LogP contribution in [0.2, 0.25) is 0 Å². The molecule has 25 heavy (non-hydrogen) atoms. The number of furan rings is 1. The van der Waals surface area contributed by atoms with E-state index in [1.54, 1.807) is 19.1 Å². The number of aliphatic hydroxyl groups is 1. The minimum atomic E-state index is -1.30. The van der Waals surface area contributed by atoms with E-state index in [0.717, 1.165) is 0 Å². The highest BCUT2D eigenvalue weighted by atomic mass is 16.6. The zero-order valence-electron chi connectivity index (χ0n) is 13.5. The number of ether oxygens (including phenoxy) is 1. The van der Waals surface area contributed by atoms with E-state index >= 15 is 0 Å². The number of carbonyl (C=O) groups excluding carboxylic acids is 1. The number of hydrogen-bond acceptors (Lipinski definition) is 7. The first-order valence-electron chi connectivity index (χ1n) is 7.61. The number of nitrogens with one attached hydrogen (secondary N) is 1. The van der Waals surface area contributed by atoms with Crippen molar-refractivity contribution >= 4 is 23.2 Å². The second-order valence-electron chi connectivity index (χ2n) is 5.83. The normalized spacial score (nSPS) is 16.4. The monoisotopic (exact) mass is 347 g/mol. The van der Waals surface area contributed by atoms with Gasteiger partial charge in [-0.15, -0.1) is 0 Å². The second kappa shape index (κ2) is 6.44. The van der Waals surface area contributed by atoms with Gasteiger partial charge in [-0.25, -0.2) is 4.79 Å². The Hall–Kier alpha value is -3.07. The molecule has 0 aliphatic carbocycles. The summed E-state index contributed by atoms with van der Waals surface area (Å²) in [6, 6.07) is 7.44. The molecule has 3 rings (SSSR count). The van der Waals surface area contributed by atoms with Crippen LogP contribution in [0.5, 0.6) is 0 Å². The summed E-state index contributed by atoms with van der Waals surface area (Å²) in [5.41, 5.74) is -0.644. The van der Waals surface area contributed by atoms with Crippen molar-refractivity contribution in [2.75, 3.05) is 29.9 Å². The third-order valence-corrected chi connectivity index (χ3v) is 3.92. The molecule has 1 aromatic carbocycles. The van der Waals surface area contributed by atoms with E-state index in [1.807, 2.05) is 0 Å². The van der Waals surface area contributed by atoms with Gasteiger partial charge in [-0.2, -0.15) is 0 Å². The minimum absolute atomic E-state index is 0.0776. The molecule has 1 fully saturated rings. The topological polar surface area (TPSA) is 118 Å². The van der Waals surface area contributed by atoms with Gasteiger partial charge in [0.05, 0.1) is 35.7 Å². The lowest BCUT2D eigenvalue weighted by atomic mass is 10.0. The van der Waals surface area contributed by atoms with Gasteiger partial charge in [0.25, 0.3) is 5.69 Å². The maximum atomic E-state index is 11.8. The maximum absolute atomic E-state index is 11.8. The van der Waals surface area contributed by atoms with Gasteiger partial charge in [0.1, 0.15) is 18.0 Å². The van der Waals surface area contributed by atoms with Crippen LogP contribution in [-0.2, 0) is 10.3 Å². The number of non-ortho nitro benzene ring substituents is 1. The zero-order chi connectivity index (χ0) is 18.0. The maximum Gasteiger partial charge on any atom is 0.414 e. The molecule has 0 radical (unpaired) electrons. The van der Waals surface area contributed by atoms with E-state index in [1.165, 1.54) is 29.4 Å². The van der Waals surface area contributed by atoms with Crippen LogP contribution in [0, 0.1) is 10.1 Å². The molecule has 1 unspecified atom stereocenters. The number of carbonyl (C=O) groups is 1. The summed E-state index contributed by atoms with van der Waals surface area (Å²) in [6.07, 6.45) is 0.891. The molecular weight excluding hydrogens is 330 g/mol. The number of cyclic esters (lactones) is 1. The van der Waals surface area contributed by atoms with Crippen LogP contribution >= 0.6 is 0 Å². The van der Waals surface area contributed by atoms with Gasteiger partial charge in [-0.05, 0) is 25.1 Å². The average molecular weight is 347 g/mol. The van der Waals surface area contributed by atoms with Crippen molar-refractivity contribution in [3.63, 3.8) is 0 Å². The number of nitro groups is 1. The van der Waals surface area contributed by atoms with Crippen molar-refractivity contribution in [3.8, 4) is 0 Å². The Bertz CT molecular complexity index is 787. The van der Waals surface area contributed by atoms with Gasteiger partial charge in [-0.3, -0.25) is 15.0 Å². The van der Waals surface area contributed by atoms with Crippen molar-refractivity contribution < 1.29 is 24.0 Å². The highest BCUT2D eigenvalue weighted by Gasteiger charge is 2.30. The van der Waals surface area contributed by atoms with E-state index in [4.69, 9.17) is 9.15 Å². The molecule has 0 saturated carbocycles. The molecule has 0 spiro atoms. The highest BCUT2D eigenvalue weighted by molar-refractivity contribution is 5.94. The summed E-state index contributed by atoms with van der Waals surface area (Å²) < 4.78 is 10.1. The molecule has 1 atom stereocenters. The number of hydrogen-bond donors (Lipinski definition) is 2. The number of nitro benzene ring substituents is 1. The Morgan fingerprint density at radius 2 is 2.24 bits per heavy atom. The number of nitrogens with zero attached hydrogens (tertiary/aromatic N) is 2. The van der Waals surface area contributed by atoms with Gasteiger partial charge in [0, 0.05) is 12.1 Å². The molecule has 2 N–H and O–H groups in total. The first-order valence-corrected chi connectivity index (χ1v) is 7.61. The molecule has 132 valence electrons. The van der Waals surface area contributed by atoms with Crippen molar-refractivity contribution in [3.05, 3.63) is 52.5 Å². The van der Waals surface area contributed by atoms with Gasteiger partial charge < -0.3 is 19.6 Å². The Labute approximate surface area is 142 Å². The molecular formula is C16H17N3O6. The second-order valence-corrected chi connectivity index (χ2v) is 5.83. The predicted octanol–water partition coefficient (Wildman–Crippen LogP) is 2.46. The number of anilines is 2. The molecule has 0 bridgehead atoms. The first kappa shape index (κ1) is 16.8. The summed E-state index contributed by atoms with van der Waals surface area (Å²) >= 11 is 0. The minimum Gasteiger partial charge on any atom is -0.466 e. The van der Waals surface area contributed by atoms with E-state index in [9.17, 15) is 20.0 Å². The lowest BCUT2D eigenvalue weighted by molar-refractivity contribution is -0.384. The lowest BCUT2D eigenvalue weighted by Crippen LogP contribution is -2.31. The summed E-state index contributed by atoms with van der Waals surface area (Å²) in [5.74, 6) is 0.379. The van der Waals surface area contributed by atoms with Gasteiger partial charge in [0.2, 0.25) is 0 Å². The van der Waals surface area contributed by atoms with E-state index in [0.29, 0.717) is 23.7 Å². The summed E-state index contributed by atoms with van der Waals surface area (Å²) in [4.78, 5) is 23.7. The Morgan fingerprint density at radius 1 is 1.44 bits per heavy atom. The standard InChI is InChI=1S/C16H17N3O6/c1-16(21,14-3-2-7-24-14)10-17-12-5-4-11(19(22)23)9-13(12)18-6-8-25-15(18)20/h2-5,7,9,17,21H,6,8,10H2,1H3. The van der Waals surface area contributed by atoms with Crippen LogP contribution in [-0.4, -0.2) is 35.8 Å². The van der Waals surface area contributed by atoms with Crippen molar-refractivity contribution in [2.24, 2.45) is 0 Å². The average Bonchev–Trinajstić information content (AvgIpc) is 3.24. The van der Waals surface area contributed by atoms with Gasteiger partial charge >= 0.3 is 6.09 Å². The Morgan fingerprint density at radius 3 is 2.84 bits per heavy atom. The summed E-state index contributed by atoms with van der Waals surface area (Å²) in [6.45, 7) is 2.16. The van der Waals surface area contributed by atoms with Crippen LogP contribution in [0.15, 0.2) is 41.0 Å². The van der Waals surface area contributed by atoms with E-state index < -0.39 is 16.6 Å². The quantitative estimate of drug-likeness (QED) is 0.608. The Kier molecular flexibility index (Phi) is 4.32. The third kappa shape index (κ3) is 3.41. The van der Waals surface area contributed by atoms with Crippen LogP contribution in [0.1, 0.15) is 12.7 Å². The summed E-state index contributed by atoms with van der Waals surface area (Å²) in [7, 11) is 0. The zero-order valence-corrected chi connectivity index (χ0v) is 13.5. The van der Waals surface area contributed by atoms with Gasteiger partial charge in [-0.1, -0.05) is 0 Å². The molecule has 1 amide bonds. The lowest BCUT2D eigenvalue weighted by Gasteiger charge is -2.24. The van der Waals surface area contributed by atoms with Crippen LogP contribution in [0.25, 0.3) is 0 Å². The third-order valence-electron chi connectivity index (χ3n) is 3.92. The molecule has 1 aromatic heterocycles. The van der Waals surface area contributed by atoms with Crippen molar-refractivity contribution in [1.82, 2.24) is 0 Å². The molecule has 9 nitrogen and oxygen atoms in total. The fourth-order valence-corrected chi connectivity index (χ4v) is 2.56. The molecule has 2 aromatic rings. The van der Waals surface area contributed by atoms with Crippen molar-refractivity contribution in [1.29, 1.82) is 0 Å². The molecule has 1 aliphatic rings. The summed E-state index contributed by atoms with van der Waals surface area (Å²) in [5, 5.41) is 24.6. The predicted molar refractivity (Wildman–Crippen MR) is 88.6 cm³/mol. The molecule has 1 aliphatic heterocycles. The SMILES string of the molecule is CC(O)(CNc1ccc([N+](=O)[O-])cc1N1CCOC1=O)c1ccco1. The van der Waals surface area contributed by atoms with Crippen LogP contribution < -0.4 is 10.2 Å². The van der Waals surface area contributed by atoms with E-state index in [-0.39, 0.29) is 18.8 Å². The smallest absolute Gasteiger partial charge is 0.414 e. The van der Waals surface area contributed by atoms with Crippen molar-refractivity contribution in [2.45, 2.75) is 12.5 Å². The largest absolute Gasteiger partial charge is 0.466 e. The molecule has 9 heteroatoms. The fourth-order valence-electron chi connectivity index (χ4n) is 2.56. The highest BCUT2D eigenvalue weighted by Crippen LogP contribution is 2.33. The Balaban J connectivity index is 1.87. The molecule has 1 saturated heterocycles. The van der Waals surface area contributed by atoms with Gasteiger partial charge in [0.15, 0.2) is 0 Å². The molecule has 2 heterocycles. The van der Waals surface area contributed by atoms with E-state index in [2.05, 4.69) is 5.32 Å². The fraction of sp³-hybridized carbons (Fsp3) is 0.312. The van der Waals surface area contributed by atoms with Crippen LogP contribution in [0.3, 0.4) is 0 Å². The number of rotatable bonds is 6. The van der Waals surface area contributed by atoms with Crippen LogP contribution in [0.4, 0.5) is 21.9 Å². The number of amides is 1. The first-order chi connectivity index (χ1) is 11.9.